The molecule has 2 heterocycles. The number of aromatic nitrogens is 1. The molecule has 0 spiro atoms. The molecule has 0 unspecified atom stereocenters. The first kappa shape index (κ1) is 13.6. The minimum Gasteiger partial charge on any atom is -0.350 e. The van der Waals surface area contributed by atoms with E-state index >= 15 is 0 Å². The molecule has 0 radical (unpaired) electrons. The van der Waals surface area contributed by atoms with Gasteiger partial charge in [-0.05, 0) is 18.2 Å². The van der Waals surface area contributed by atoms with E-state index in [2.05, 4.69) is 10.6 Å². The van der Waals surface area contributed by atoms with Crippen LogP contribution in [-0.4, -0.2) is 16.4 Å². The maximum Gasteiger partial charge on any atom is 0.257 e. The molecule has 5 heteroatoms. The standard InChI is InChI=1S/C18H15N3O2/c1-21-10-14(11-5-2-3-8-16(11)21)18(23)20-15-7-4-6-12-13(15)9-19-17(12)22/h2-8,10H,9H2,1H3,(H,19,22)(H,20,23). The van der Waals surface area contributed by atoms with Crippen molar-refractivity contribution in [2.75, 3.05) is 5.32 Å². The SMILES string of the molecule is Cn1cc(C(=O)Nc2cccc3c2CNC3=O)c2ccccc21. The molecule has 0 aliphatic carbocycles. The van der Waals surface area contributed by atoms with E-state index in [9.17, 15) is 9.59 Å². The van der Waals surface area contributed by atoms with Crippen molar-refractivity contribution in [1.82, 2.24) is 9.88 Å². The Hall–Kier alpha value is -3.08. The van der Waals surface area contributed by atoms with E-state index in [1.54, 1.807) is 12.1 Å². The van der Waals surface area contributed by atoms with Crippen LogP contribution in [0.5, 0.6) is 0 Å². The van der Waals surface area contributed by atoms with Gasteiger partial charge in [0.15, 0.2) is 0 Å². The third-order valence-electron chi connectivity index (χ3n) is 4.24. The quantitative estimate of drug-likeness (QED) is 0.764. The lowest BCUT2D eigenvalue weighted by atomic mass is 10.1. The summed E-state index contributed by atoms with van der Waals surface area (Å²) in [5.41, 5.74) is 3.77. The zero-order valence-electron chi connectivity index (χ0n) is 12.6. The molecule has 0 atom stereocenters. The normalized spacial score (nSPS) is 13.0. The molecular weight excluding hydrogens is 290 g/mol. The number of carbonyl (C=O) groups is 2. The average molecular weight is 305 g/mol. The lowest BCUT2D eigenvalue weighted by Crippen LogP contribution is -2.13. The maximum atomic E-state index is 12.7. The Morgan fingerprint density at radius 3 is 2.87 bits per heavy atom. The lowest BCUT2D eigenvalue weighted by Gasteiger charge is -2.08. The first-order valence-electron chi connectivity index (χ1n) is 7.40. The smallest absolute Gasteiger partial charge is 0.257 e. The largest absolute Gasteiger partial charge is 0.350 e. The topological polar surface area (TPSA) is 63.1 Å². The van der Waals surface area contributed by atoms with Crippen molar-refractivity contribution in [2.45, 2.75) is 6.54 Å². The van der Waals surface area contributed by atoms with Gasteiger partial charge in [0.25, 0.3) is 11.8 Å². The molecule has 2 aromatic carbocycles. The Kier molecular flexibility index (Phi) is 2.94. The zero-order valence-corrected chi connectivity index (χ0v) is 12.6. The molecule has 114 valence electrons. The van der Waals surface area contributed by atoms with Crippen molar-refractivity contribution in [3.8, 4) is 0 Å². The highest BCUT2D eigenvalue weighted by Crippen LogP contribution is 2.26. The number of nitrogens with one attached hydrogen (secondary N) is 2. The molecule has 23 heavy (non-hydrogen) atoms. The Labute approximate surface area is 132 Å². The zero-order chi connectivity index (χ0) is 16.0. The number of hydrogen-bond donors (Lipinski definition) is 2. The van der Waals surface area contributed by atoms with Crippen LogP contribution in [0.15, 0.2) is 48.7 Å². The number of hydrogen-bond acceptors (Lipinski definition) is 2. The molecule has 3 aromatic rings. The van der Waals surface area contributed by atoms with Gasteiger partial charge in [-0.3, -0.25) is 9.59 Å². The van der Waals surface area contributed by atoms with Crippen LogP contribution in [0.4, 0.5) is 5.69 Å². The molecule has 0 saturated carbocycles. The van der Waals surface area contributed by atoms with E-state index in [-0.39, 0.29) is 11.8 Å². The summed E-state index contributed by atoms with van der Waals surface area (Å²) < 4.78 is 1.94. The summed E-state index contributed by atoms with van der Waals surface area (Å²) in [7, 11) is 1.92. The van der Waals surface area contributed by atoms with Crippen LogP contribution < -0.4 is 10.6 Å². The van der Waals surface area contributed by atoms with Crippen molar-refractivity contribution in [1.29, 1.82) is 0 Å². The van der Waals surface area contributed by atoms with Gasteiger partial charge in [0.1, 0.15) is 0 Å². The van der Waals surface area contributed by atoms with E-state index in [0.29, 0.717) is 23.4 Å². The van der Waals surface area contributed by atoms with E-state index in [1.165, 1.54) is 0 Å². The molecule has 2 amide bonds. The van der Waals surface area contributed by atoms with E-state index in [4.69, 9.17) is 0 Å². The second-order valence-corrected chi connectivity index (χ2v) is 5.64. The van der Waals surface area contributed by atoms with Crippen LogP contribution >= 0.6 is 0 Å². The number of carbonyl (C=O) groups excluding carboxylic acids is 2. The number of anilines is 1. The third-order valence-corrected chi connectivity index (χ3v) is 4.24. The molecule has 2 N–H and O–H groups in total. The van der Waals surface area contributed by atoms with Gasteiger partial charge >= 0.3 is 0 Å². The maximum absolute atomic E-state index is 12.7. The van der Waals surface area contributed by atoms with Gasteiger partial charge in [0, 0.05) is 47.5 Å². The fraction of sp³-hybridized carbons (Fsp3) is 0.111. The number of amides is 2. The summed E-state index contributed by atoms with van der Waals surface area (Å²) in [6, 6.07) is 13.2. The Bertz CT molecular complexity index is 956. The van der Waals surface area contributed by atoms with Crippen LogP contribution in [-0.2, 0) is 13.6 Å². The van der Waals surface area contributed by atoms with Crippen LogP contribution in [0.25, 0.3) is 10.9 Å². The predicted molar refractivity (Wildman–Crippen MR) is 88.5 cm³/mol. The van der Waals surface area contributed by atoms with Crippen LogP contribution in [0, 0.1) is 0 Å². The minimum atomic E-state index is -0.172. The summed E-state index contributed by atoms with van der Waals surface area (Å²) in [4.78, 5) is 24.4. The monoisotopic (exact) mass is 305 g/mol. The lowest BCUT2D eigenvalue weighted by molar-refractivity contribution is 0.0964. The van der Waals surface area contributed by atoms with E-state index in [1.807, 2.05) is 48.1 Å². The van der Waals surface area contributed by atoms with Gasteiger partial charge in [0.2, 0.25) is 0 Å². The van der Waals surface area contributed by atoms with Gasteiger partial charge in [-0.2, -0.15) is 0 Å². The molecule has 0 bridgehead atoms. The van der Waals surface area contributed by atoms with Crippen molar-refractivity contribution in [2.24, 2.45) is 7.05 Å². The molecule has 1 aliphatic heterocycles. The minimum absolute atomic E-state index is 0.0961. The molecule has 1 aromatic heterocycles. The first-order valence-corrected chi connectivity index (χ1v) is 7.40. The Morgan fingerprint density at radius 1 is 1.17 bits per heavy atom. The average Bonchev–Trinajstić information content (AvgIpc) is 3.10. The van der Waals surface area contributed by atoms with Gasteiger partial charge in [0.05, 0.1) is 5.56 Å². The predicted octanol–water partition coefficient (Wildman–Crippen LogP) is 2.67. The number of para-hydroxylation sites is 1. The van der Waals surface area contributed by atoms with Gasteiger partial charge in [-0.15, -0.1) is 0 Å². The van der Waals surface area contributed by atoms with E-state index in [0.717, 1.165) is 16.5 Å². The number of benzene rings is 2. The molecule has 0 saturated heterocycles. The van der Waals surface area contributed by atoms with Crippen molar-refractivity contribution >= 4 is 28.4 Å². The van der Waals surface area contributed by atoms with Crippen molar-refractivity contribution in [3.05, 3.63) is 65.4 Å². The Balaban J connectivity index is 1.73. The fourth-order valence-electron chi connectivity index (χ4n) is 3.08. The number of nitrogens with zero attached hydrogens (tertiary/aromatic N) is 1. The number of aryl methyl sites for hydroxylation is 1. The van der Waals surface area contributed by atoms with Crippen LogP contribution in [0.2, 0.25) is 0 Å². The van der Waals surface area contributed by atoms with Gasteiger partial charge in [-0.25, -0.2) is 0 Å². The highest BCUT2D eigenvalue weighted by atomic mass is 16.2. The highest BCUT2D eigenvalue weighted by molar-refractivity contribution is 6.13. The van der Waals surface area contributed by atoms with E-state index < -0.39 is 0 Å². The molecule has 1 aliphatic rings. The second-order valence-electron chi connectivity index (χ2n) is 5.64. The summed E-state index contributed by atoms with van der Waals surface area (Å²) in [6.07, 6.45) is 1.83. The molecule has 0 fully saturated rings. The molecule has 5 nitrogen and oxygen atoms in total. The summed E-state index contributed by atoms with van der Waals surface area (Å²) >= 11 is 0. The first-order chi connectivity index (χ1) is 11.1. The van der Waals surface area contributed by atoms with Crippen LogP contribution in [0.3, 0.4) is 0 Å². The van der Waals surface area contributed by atoms with Crippen molar-refractivity contribution in [3.63, 3.8) is 0 Å². The summed E-state index contributed by atoms with van der Waals surface area (Å²) in [5, 5.41) is 6.63. The Morgan fingerprint density at radius 2 is 2.00 bits per heavy atom. The third kappa shape index (κ3) is 2.09. The molecular formula is C18H15N3O2. The van der Waals surface area contributed by atoms with Gasteiger partial charge in [-0.1, -0.05) is 24.3 Å². The van der Waals surface area contributed by atoms with Gasteiger partial charge < -0.3 is 15.2 Å². The highest BCUT2D eigenvalue weighted by Gasteiger charge is 2.23. The second kappa shape index (κ2) is 4.98. The fourth-order valence-corrected chi connectivity index (χ4v) is 3.08. The van der Waals surface area contributed by atoms with Crippen LogP contribution in [0.1, 0.15) is 26.3 Å². The summed E-state index contributed by atoms with van der Waals surface area (Å²) in [6.45, 7) is 0.445. The summed E-state index contributed by atoms with van der Waals surface area (Å²) in [5.74, 6) is -0.268. The molecule has 4 rings (SSSR count). The van der Waals surface area contributed by atoms with Crippen molar-refractivity contribution < 1.29 is 9.59 Å². The number of fused-ring (bicyclic) bond motifs is 2. The number of rotatable bonds is 2.